The number of furan rings is 1. The average Bonchev–Trinajstić information content (AvgIpc) is 2.81. The van der Waals surface area contributed by atoms with Gasteiger partial charge >= 0.3 is 5.91 Å². The van der Waals surface area contributed by atoms with Gasteiger partial charge in [-0.15, -0.1) is 0 Å². The lowest BCUT2D eigenvalue weighted by Gasteiger charge is -2.23. The number of hydrogen-bond donors (Lipinski definition) is 2. The molecule has 1 aliphatic heterocycles. The molecule has 0 unspecified atom stereocenters. The molecular formula is C10H11N3O4S. The molecule has 1 saturated heterocycles. The number of nitrogens with two attached hydrogens (primary N) is 1. The van der Waals surface area contributed by atoms with Crippen LogP contribution in [0.2, 0.25) is 0 Å². The van der Waals surface area contributed by atoms with E-state index in [0.29, 0.717) is 17.7 Å². The summed E-state index contributed by atoms with van der Waals surface area (Å²) in [5, 5.41) is -0.313. The Balaban J connectivity index is 2.18. The lowest BCUT2D eigenvalue weighted by Crippen LogP contribution is -2.38. The van der Waals surface area contributed by atoms with Gasteiger partial charge in [0.1, 0.15) is 0 Å². The van der Waals surface area contributed by atoms with Gasteiger partial charge in [-0.3, -0.25) is 24.7 Å². The second-order valence-electron chi connectivity index (χ2n) is 3.59. The highest BCUT2D eigenvalue weighted by Gasteiger charge is 2.28. The van der Waals surface area contributed by atoms with Crippen LogP contribution in [0, 0.1) is 0 Å². The van der Waals surface area contributed by atoms with E-state index in [1.807, 2.05) is 5.43 Å². The Labute approximate surface area is 107 Å². The quantitative estimate of drug-likeness (QED) is 0.469. The van der Waals surface area contributed by atoms with Gasteiger partial charge < -0.3 is 4.42 Å². The van der Waals surface area contributed by atoms with Crippen LogP contribution in [0.4, 0.5) is 4.79 Å². The summed E-state index contributed by atoms with van der Waals surface area (Å²) in [5.41, 5.74) is 2.39. The monoisotopic (exact) mass is 269 g/mol. The van der Waals surface area contributed by atoms with Crippen LogP contribution in [0.1, 0.15) is 22.5 Å². The number of thioether (sulfide) groups is 1. The molecule has 0 spiro atoms. The fourth-order valence-corrected chi connectivity index (χ4v) is 2.36. The highest BCUT2D eigenvalue weighted by molar-refractivity contribution is 8.13. The first-order valence-electron chi connectivity index (χ1n) is 5.18. The summed E-state index contributed by atoms with van der Waals surface area (Å²) in [6.07, 6.45) is 1.62. The Morgan fingerprint density at radius 1 is 1.56 bits per heavy atom. The number of rotatable bonds is 3. The van der Waals surface area contributed by atoms with Gasteiger partial charge in [-0.2, -0.15) is 0 Å². The summed E-state index contributed by atoms with van der Waals surface area (Å²) in [6.45, 7) is 0.0178. The largest absolute Gasteiger partial charge is 0.459 e. The van der Waals surface area contributed by atoms with Gasteiger partial charge in [0.2, 0.25) is 5.91 Å². The van der Waals surface area contributed by atoms with Gasteiger partial charge in [0.05, 0.1) is 12.8 Å². The standard InChI is InChI=1S/C10H11N3O4S/c11-12-9(15)8-6(1-3-17-8)5-13-7(14)2-4-18-10(13)16/h1,3H,2,4-5,11H2,(H,12,15). The Morgan fingerprint density at radius 2 is 2.33 bits per heavy atom. The second kappa shape index (κ2) is 5.23. The predicted molar refractivity (Wildman–Crippen MR) is 63.4 cm³/mol. The molecule has 8 heteroatoms. The summed E-state index contributed by atoms with van der Waals surface area (Å²) < 4.78 is 4.98. The highest BCUT2D eigenvalue weighted by Crippen LogP contribution is 2.22. The molecule has 0 saturated carbocycles. The first-order chi connectivity index (χ1) is 8.63. The van der Waals surface area contributed by atoms with E-state index in [2.05, 4.69) is 0 Å². The minimum absolute atomic E-state index is 0.00803. The van der Waals surface area contributed by atoms with Gasteiger partial charge in [0.15, 0.2) is 5.76 Å². The van der Waals surface area contributed by atoms with E-state index in [0.717, 1.165) is 16.7 Å². The maximum absolute atomic E-state index is 11.6. The molecule has 1 aliphatic rings. The van der Waals surface area contributed by atoms with E-state index in [9.17, 15) is 14.4 Å². The van der Waals surface area contributed by atoms with E-state index in [1.165, 1.54) is 12.3 Å². The zero-order valence-electron chi connectivity index (χ0n) is 9.34. The maximum Gasteiger partial charge on any atom is 0.301 e. The van der Waals surface area contributed by atoms with Crippen LogP contribution in [0.3, 0.4) is 0 Å². The minimum atomic E-state index is -0.598. The molecular weight excluding hydrogens is 258 g/mol. The smallest absolute Gasteiger partial charge is 0.301 e. The van der Waals surface area contributed by atoms with Crippen LogP contribution in [0.5, 0.6) is 0 Å². The number of amides is 3. The number of nitrogens with zero attached hydrogens (tertiary/aromatic N) is 1. The highest BCUT2D eigenvalue weighted by atomic mass is 32.2. The average molecular weight is 269 g/mol. The Bertz CT molecular complexity index is 483. The van der Waals surface area contributed by atoms with Crippen molar-refractivity contribution in [2.45, 2.75) is 13.0 Å². The summed E-state index contributed by atoms with van der Waals surface area (Å²) in [6, 6.07) is 1.53. The number of carbonyl (C=O) groups is 3. The molecule has 0 bridgehead atoms. The van der Waals surface area contributed by atoms with Crippen LogP contribution in [-0.2, 0) is 11.3 Å². The molecule has 1 aromatic rings. The number of hydrogen-bond acceptors (Lipinski definition) is 6. The molecule has 2 rings (SSSR count). The molecule has 0 aromatic carbocycles. The van der Waals surface area contributed by atoms with Gasteiger partial charge in [0.25, 0.3) is 5.24 Å². The first-order valence-corrected chi connectivity index (χ1v) is 6.16. The SMILES string of the molecule is NNC(=O)c1occc1CN1C(=O)CCSC1=O. The van der Waals surface area contributed by atoms with Crippen molar-refractivity contribution in [2.75, 3.05) is 5.75 Å². The third kappa shape index (κ3) is 2.39. The number of imide groups is 1. The molecule has 0 atom stereocenters. The number of nitrogens with one attached hydrogen (secondary N) is 1. The normalized spacial score (nSPS) is 15.9. The van der Waals surface area contributed by atoms with Crippen molar-refractivity contribution in [1.82, 2.24) is 10.3 Å². The van der Waals surface area contributed by atoms with Crippen LogP contribution >= 0.6 is 11.8 Å². The van der Waals surface area contributed by atoms with E-state index in [-0.39, 0.29) is 23.5 Å². The zero-order chi connectivity index (χ0) is 13.1. The summed E-state index contributed by atoms with van der Waals surface area (Å²) in [7, 11) is 0. The van der Waals surface area contributed by atoms with Crippen molar-refractivity contribution in [3.63, 3.8) is 0 Å². The lowest BCUT2D eigenvalue weighted by molar-refractivity contribution is -0.128. The predicted octanol–water partition coefficient (Wildman–Crippen LogP) is 0.469. The van der Waals surface area contributed by atoms with Crippen molar-refractivity contribution < 1.29 is 18.8 Å². The first kappa shape index (κ1) is 12.7. The molecule has 0 radical (unpaired) electrons. The second-order valence-corrected chi connectivity index (χ2v) is 4.64. The Morgan fingerprint density at radius 3 is 3.00 bits per heavy atom. The summed E-state index contributed by atoms with van der Waals surface area (Å²) >= 11 is 1.08. The van der Waals surface area contributed by atoms with Gasteiger partial charge in [-0.05, 0) is 6.07 Å². The molecule has 18 heavy (non-hydrogen) atoms. The maximum atomic E-state index is 11.6. The zero-order valence-corrected chi connectivity index (χ0v) is 10.2. The molecule has 3 N–H and O–H groups in total. The van der Waals surface area contributed by atoms with Crippen LogP contribution in [-0.4, -0.2) is 27.7 Å². The topological polar surface area (TPSA) is 106 Å². The Kier molecular flexibility index (Phi) is 3.68. The third-order valence-electron chi connectivity index (χ3n) is 2.48. The van der Waals surface area contributed by atoms with Crippen molar-refractivity contribution in [1.29, 1.82) is 0 Å². The van der Waals surface area contributed by atoms with Gasteiger partial charge in [-0.1, -0.05) is 11.8 Å². The molecule has 1 aromatic heterocycles. The van der Waals surface area contributed by atoms with Crippen LogP contribution < -0.4 is 11.3 Å². The van der Waals surface area contributed by atoms with Gasteiger partial charge in [0, 0.05) is 17.7 Å². The van der Waals surface area contributed by atoms with Crippen molar-refractivity contribution in [3.05, 3.63) is 23.7 Å². The number of hydrazine groups is 1. The van der Waals surface area contributed by atoms with Crippen LogP contribution in [0.15, 0.2) is 16.7 Å². The third-order valence-corrected chi connectivity index (χ3v) is 3.35. The van der Waals surface area contributed by atoms with Crippen LogP contribution in [0.25, 0.3) is 0 Å². The lowest BCUT2D eigenvalue weighted by atomic mass is 10.2. The van der Waals surface area contributed by atoms with Gasteiger partial charge in [-0.25, -0.2) is 5.84 Å². The van der Waals surface area contributed by atoms with Crippen molar-refractivity contribution in [3.8, 4) is 0 Å². The van der Waals surface area contributed by atoms with E-state index >= 15 is 0 Å². The number of nitrogen functional groups attached to an aromatic ring is 1. The summed E-state index contributed by atoms with van der Waals surface area (Å²) in [5.74, 6) is 4.66. The minimum Gasteiger partial charge on any atom is -0.459 e. The van der Waals surface area contributed by atoms with E-state index in [4.69, 9.17) is 10.3 Å². The summed E-state index contributed by atoms with van der Waals surface area (Å²) in [4.78, 5) is 35.7. The molecule has 1 fully saturated rings. The fourth-order valence-electron chi connectivity index (χ4n) is 1.59. The Hall–Kier alpha value is -1.80. The molecule has 96 valence electrons. The van der Waals surface area contributed by atoms with E-state index in [1.54, 1.807) is 0 Å². The molecule has 7 nitrogen and oxygen atoms in total. The van der Waals surface area contributed by atoms with Crippen molar-refractivity contribution in [2.24, 2.45) is 5.84 Å². The molecule has 3 amide bonds. The molecule has 2 heterocycles. The molecule has 0 aliphatic carbocycles. The number of carbonyl (C=O) groups excluding carboxylic acids is 3. The fraction of sp³-hybridized carbons (Fsp3) is 0.300. The van der Waals surface area contributed by atoms with E-state index < -0.39 is 5.91 Å². The van der Waals surface area contributed by atoms with Crippen molar-refractivity contribution >= 4 is 28.8 Å².